The summed E-state index contributed by atoms with van der Waals surface area (Å²) in [5, 5.41) is 9.23. The van der Waals surface area contributed by atoms with E-state index in [1.165, 1.54) is 0 Å². The van der Waals surface area contributed by atoms with Crippen molar-refractivity contribution >= 4 is 47.5 Å². The Labute approximate surface area is 163 Å². The molecule has 0 saturated carbocycles. The van der Waals surface area contributed by atoms with E-state index in [-0.39, 0.29) is 36.4 Å². The average Bonchev–Trinajstić information content (AvgIpc) is 3.11. The number of methoxy groups -OCH3 is 1. The molecule has 0 aromatic heterocycles. The van der Waals surface area contributed by atoms with Crippen molar-refractivity contribution < 1.29 is 14.3 Å². The molecule has 0 unspecified atom stereocenters. The molecule has 2 heterocycles. The van der Waals surface area contributed by atoms with Gasteiger partial charge in [-0.05, 0) is 31.0 Å². The van der Waals surface area contributed by atoms with E-state index in [0.717, 1.165) is 25.0 Å². The normalized spacial score (nSPS) is 23.4. The molecule has 144 valence electrons. The smallest absolute Gasteiger partial charge is 0.315 e. The van der Waals surface area contributed by atoms with Crippen molar-refractivity contribution in [3.8, 4) is 5.75 Å². The van der Waals surface area contributed by atoms with Crippen LogP contribution in [0.5, 0.6) is 5.75 Å². The number of rotatable bonds is 7. The quantitative estimate of drug-likeness (QED) is 0.319. The number of hydrogen-bond donors (Lipinski definition) is 4. The largest absolute Gasteiger partial charge is 0.495 e. The number of unbranched alkanes of at least 4 members (excludes halogenated alkanes) is 1. The zero-order chi connectivity index (χ0) is 17.8. The standard InChI is InChI=1S/C17H24N4O3S.ClH/c1-24-13-7-6-10(8-11(13)18)19-15(22)5-3-2-4-14-16-12(9-25-14)20-17(23)21-16;/h6-8,12,14,16H,2-5,9,18H2,1H3,(H,19,22)(H2,20,21,23);1H/t12-,14-,16-;/m0./s1. The van der Waals surface area contributed by atoms with Gasteiger partial charge in [0.2, 0.25) is 5.91 Å². The van der Waals surface area contributed by atoms with Gasteiger partial charge in [0.15, 0.2) is 0 Å². The third kappa shape index (κ3) is 4.88. The van der Waals surface area contributed by atoms with Gasteiger partial charge < -0.3 is 26.4 Å². The molecule has 1 aromatic rings. The number of fused-ring (bicyclic) bond motifs is 1. The molecule has 3 atom stereocenters. The van der Waals surface area contributed by atoms with Gasteiger partial charge in [0.05, 0.1) is 24.9 Å². The predicted molar refractivity (Wildman–Crippen MR) is 107 cm³/mol. The number of nitrogen functional groups attached to an aromatic ring is 1. The second-order valence-electron chi connectivity index (χ2n) is 6.37. The maximum Gasteiger partial charge on any atom is 0.315 e. The first kappa shape index (κ1) is 20.5. The maximum absolute atomic E-state index is 12.0. The Bertz CT molecular complexity index is 661. The van der Waals surface area contributed by atoms with Crippen molar-refractivity contribution in [2.24, 2.45) is 0 Å². The second kappa shape index (κ2) is 9.23. The fourth-order valence-corrected chi connectivity index (χ4v) is 4.85. The number of amides is 3. The van der Waals surface area contributed by atoms with Crippen molar-refractivity contribution in [3.05, 3.63) is 18.2 Å². The topological polar surface area (TPSA) is 105 Å². The molecule has 2 saturated heterocycles. The minimum atomic E-state index is -0.0570. The number of carbonyl (C=O) groups is 2. The van der Waals surface area contributed by atoms with E-state index in [4.69, 9.17) is 10.5 Å². The molecule has 0 aliphatic carbocycles. The first-order valence-corrected chi connectivity index (χ1v) is 9.53. The number of nitrogens with two attached hydrogens (primary N) is 1. The summed E-state index contributed by atoms with van der Waals surface area (Å²) in [6, 6.07) is 5.64. The zero-order valence-corrected chi connectivity index (χ0v) is 16.3. The maximum atomic E-state index is 12.0. The highest BCUT2D eigenvalue weighted by atomic mass is 35.5. The van der Waals surface area contributed by atoms with Crippen molar-refractivity contribution in [1.29, 1.82) is 0 Å². The van der Waals surface area contributed by atoms with Crippen LogP contribution in [0.1, 0.15) is 25.7 Å². The highest BCUT2D eigenvalue weighted by Gasteiger charge is 2.42. The molecular weight excluding hydrogens is 376 g/mol. The van der Waals surface area contributed by atoms with Gasteiger partial charge in [0, 0.05) is 23.1 Å². The van der Waals surface area contributed by atoms with E-state index in [1.807, 2.05) is 11.8 Å². The third-order valence-electron chi connectivity index (χ3n) is 4.59. The molecule has 9 heteroatoms. The van der Waals surface area contributed by atoms with Crippen LogP contribution in [0.25, 0.3) is 0 Å². The fraction of sp³-hybridized carbons (Fsp3) is 0.529. The van der Waals surface area contributed by atoms with E-state index in [1.54, 1.807) is 25.3 Å². The Morgan fingerprint density at radius 1 is 1.38 bits per heavy atom. The summed E-state index contributed by atoms with van der Waals surface area (Å²) in [5.41, 5.74) is 7.02. The molecule has 2 aliphatic heterocycles. The third-order valence-corrected chi connectivity index (χ3v) is 6.10. The summed E-state index contributed by atoms with van der Waals surface area (Å²) in [5.74, 6) is 1.55. The first-order valence-electron chi connectivity index (χ1n) is 8.49. The Morgan fingerprint density at radius 3 is 2.92 bits per heavy atom. The summed E-state index contributed by atoms with van der Waals surface area (Å²) in [4.78, 5) is 23.4. The summed E-state index contributed by atoms with van der Waals surface area (Å²) < 4.78 is 5.10. The van der Waals surface area contributed by atoms with E-state index in [9.17, 15) is 9.59 Å². The van der Waals surface area contributed by atoms with Crippen molar-refractivity contribution in [1.82, 2.24) is 10.6 Å². The van der Waals surface area contributed by atoms with Gasteiger partial charge in [-0.2, -0.15) is 11.8 Å². The number of benzene rings is 1. The Kier molecular flexibility index (Phi) is 7.28. The minimum Gasteiger partial charge on any atom is -0.495 e. The van der Waals surface area contributed by atoms with Gasteiger partial charge in [-0.15, -0.1) is 12.4 Å². The number of thioether (sulfide) groups is 1. The Balaban J connectivity index is 0.00000243. The fourth-order valence-electron chi connectivity index (χ4n) is 3.31. The lowest BCUT2D eigenvalue weighted by atomic mass is 10.0. The lowest BCUT2D eigenvalue weighted by molar-refractivity contribution is -0.116. The number of anilines is 2. The van der Waals surface area contributed by atoms with Crippen LogP contribution >= 0.6 is 24.2 Å². The molecular formula is C17H25ClN4O3S. The highest BCUT2D eigenvalue weighted by molar-refractivity contribution is 8.00. The molecule has 3 rings (SSSR count). The SMILES string of the molecule is COc1ccc(NC(=O)CCCC[C@@H]2SC[C@@H]3NC(=O)N[C@@H]32)cc1N.Cl. The van der Waals surface area contributed by atoms with Gasteiger partial charge in [-0.3, -0.25) is 4.79 Å². The average molecular weight is 401 g/mol. The van der Waals surface area contributed by atoms with Gasteiger partial charge >= 0.3 is 6.03 Å². The molecule has 3 amide bonds. The van der Waals surface area contributed by atoms with Gasteiger partial charge in [-0.25, -0.2) is 4.79 Å². The number of halogens is 1. The minimum absolute atomic E-state index is 0. The van der Waals surface area contributed by atoms with Crippen molar-refractivity contribution in [2.75, 3.05) is 23.9 Å². The Hall–Kier alpha value is -1.80. The van der Waals surface area contributed by atoms with E-state index in [2.05, 4.69) is 16.0 Å². The van der Waals surface area contributed by atoms with E-state index >= 15 is 0 Å². The molecule has 0 spiro atoms. The number of carbonyl (C=O) groups excluding carboxylic acids is 2. The van der Waals surface area contributed by atoms with E-state index in [0.29, 0.717) is 28.8 Å². The molecule has 1 aromatic carbocycles. The molecule has 0 bridgehead atoms. The molecule has 7 nitrogen and oxygen atoms in total. The molecule has 2 fully saturated rings. The molecule has 26 heavy (non-hydrogen) atoms. The van der Waals surface area contributed by atoms with Crippen LogP contribution in [0.2, 0.25) is 0 Å². The van der Waals surface area contributed by atoms with Gasteiger partial charge in [0.25, 0.3) is 0 Å². The highest BCUT2D eigenvalue weighted by Crippen LogP contribution is 2.33. The lowest BCUT2D eigenvalue weighted by Crippen LogP contribution is -2.36. The summed E-state index contributed by atoms with van der Waals surface area (Å²) in [6.45, 7) is 0. The second-order valence-corrected chi connectivity index (χ2v) is 7.64. The summed E-state index contributed by atoms with van der Waals surface area (Å²) >= 11 is 1.90. The van der Waals surface area contributed by atoms with Crippen LogP contribution in [0.15, 0.2) is 18.2 Å². The Morgan fingerprint density at radius 2 is 2.19 bits per heavy atom. The van der Waals surface area contributed by atoms with Crippen LogP contribution in [0.4, 0.5) is 16.2 Å². The van der Waals surface area contributed by atoms with Crippen LogP contribution in [0, 0.1) is 0 Å². The first-order chi connectivity index (χ1) is 12.1. The van der Waals surface area contributed by atoms with E-state index < -0.39 is 0 Å². The van der Waals surface area contributed by atoms with Gasteiger partial charge in [-0.1, -0.05) is 6.42 Å². The summed E-state index contributed by atoms with van der Waals surface area (Å²) in [7, 11) is 1.56. The molecule has 2 aliphatic rings. The van der Waals surface area contributed by atoms with Gasteiger partial charge in [0.1, 0.15) is 5.75 Å². The van der Waals surface area contributed by atoms with Crippen LogP contribution in [-0.2, 0) is 4.79 Å². The number of nitrogens with one attached hydrogen (secondary N) is 3. The number of ether oxygens (including phenoxy) is 1. The predicted octanol–water partition coefficient (Wildman–Crippen LogP) is 2.36. The van der Waals surface area contributed by atoms with Crippen LogP contribution in [0.3, 0.4) is 0 Å². The van der Waals surface area contributed by atoms with Crippen LogP contribution < -0.4 is 26.4 Å². The van der Waals surface area contributed by atoms with Crippen molar-refractivity contribution in [3.63, 3.8) is 0 Å². The monoisotopic (exact) mass is 400 g/mol. The van der Waals surface area contributed by atoms with Crippen molar-refractivity contribution in [2.45, 2.75) is 43.0 Å². The summed E-state index contributed by atoms with van der Waals surface area (Å²) in [6.07, 6.45) is 3.28. The number of urea groups is 1. The molecule has 5 N–H and O–H groups in total. The zero-order valence-electron chi connectivity index (χ0n) is 14.6. The molecule has 0 radical (unpaired) electrons. The lowest BCUT2D eigenvalue weighted by Gasteiger charge is -2.16. The van der Waals surface area contributed by atoms with Crippen LogP contribution in [-0.4, -0.2) is 42.1 Å². The number of hydrogen-bond acceptors (Lipinski definition) is 5.